The molecule has 0 aliphatic rings. The number of rotatable bonds is 2. The molecule has 4 N–H and O–H groups in total. The Morgan fingerprint density at radius 1 is 1.43 bits per heavy atom. The second kappa shape index (κ2) is 4.73. The van der Waals surface area contributed by atoms with Gasteiger partial charge in [-0.15, -0.1) is 5.10 Å². The zero-order valence-corrected chi connectivity index (χ0v) is 8.37. The number of nitrogens with two attached hydrogens (primary N) is 2. The van der Waals surface area contributed by atoms with Crippen molar-refractivity contribution < 1.29 is 0 Å². The predicted molar refractivity (Wildman–Crippen MR) is 55.5 cm³/mol. The second-order valence-electron chi connectivity index (χ2n) is 2.15. The fraction of sp³-hybridized carbons (Fsp3) is 0. The van der Waals surface area contributed by atoms with Crippen molar-refractivity contribution in [2.75, 3.05) is 0 Å². The summed E-state index contributed by atoms with van der Waals surface area (Å²) >= 11 is 11.2. The maximum atomic E-state index is 5.71. The van der Waals surface area contributed by atoms with Crippen LogP contribution in [0.25, 0.3) is 0 Å². The third-order valence-electron chi connectivity index (χ3n) is 1.11. The fourth-order valence-electron chi connectivity index (χ4n) is 0.595. The van der Waals surface area contributed by atoms with Crippen LogP contribution in [0, 0.1) is 0 Å². The molecule has 0 saturated heterocycles. The van der Waals surface area contributed by atoms with E-state index in [0.717, 1.165) is 0 Å². The minimum absolute atomic E-state index is 0.0639. The van der Waals surface area contributed by atoms with Gasteiger partial charge in [0.1, 0.15) is 5.15 Å². The summed E-state index contributed by atoms with van der Waals surface area (Å²) in [6.45, 7) is 0. The Hall–Kier alpha value is -1.40. The minimum atomic E-state index is -0.146. The van der Waals surface area contributed by atoms with E-state index in [0.29, 0.717) is 5.56 Å². The standard InChI is InChI=1S/C6H6Cl2N6/c7-4-3(1-11-5(8)13-4)2-12-14-6(9)10/h1-2H,(H4,9,10,14)/b12-2+. The molecule has 0 unspecified atom stereocenters. The summed E-state index contributed by atoms with van der Waals surface area (Å²) in [4.78, 5) is 7.39. The van der Waals surface area contributed by atoms with Crippen LogP contribution in [0.3, 0.4) is 0 Å². The summed E-state index contributed by atoms with van der Waals surface area (Å²) in [6, 6.07) is 0. The molecule has 0 spiro atoms. The van der Waals surface area contributed by atoms with Gasteiger partial charge in [0.15, 0.2) is 0 Å². The van der Waals surface area contributed by atoms with Gasteiger partial charge in [-0.25, -0.2) is 9.97 Å². The van der Waals surface area contributed by atoms with Crippen molar-refractivity contribution in [3.8, 4) is 0 Å². The van der Waals surface area contributed by atoms with Crippen LogP contribution in [0.1, 0.15) is 5.56 Å². The highest BCUT2D eigenvalue weighted by atomic mass is 35.5. The lowest BCUT2D eigenvalue weighted by Gasteiger charge is -1.94. The lowest BCUT2D eigenvalue weighted by atomic mass is 10.4. The number of hydrogen-bond acceptors (Lipinski definition) is 4. The summed E-state index contributed by atoms with van der Waals surface area (Å²) in [5.74, 6) is -0.146. The van der Waals surface area contributed by atoms with Crippen LogP contribution >= 0.6 is 23.2 Å². The smallest absolute Gasteiger partial charge is 0.223 e. The molecule has 1 heterocycles. The number of halogens is 2. The van der Waals surface area contributed by atoms with Gasteiger partial charge < -0.3 is 11.5 Å². The Bertz CT molecular complexity index is 384. The number of hydrogen-bond donors (Lipinski definition) is 2. The first kappa shape index (κ1) is 10.7. The van der Waals surface area contributed by atoms with Gasteiger partial charge in [0.25, 0.3) is 0 Å². The SMILES string of the molecule is NC(N)=N/N=C/c1cnc(Cl)nc1Cl. The van der Waals surface area contributed by atoms with Crippen LogP contribution in [0.2, 0.25) is 10.4 Å². The van der Waals surface area contributed by atoms with Gasteiger partial charge >= 0.3 is 0 Å². The largest absolute Gasteiger partial charge is 0.369 e. The molecule has 0 atom stereocenters. The zero-order valence-electron chi connectivity index (χ0n) is 6.85. The summed E-state index contributed by atoms with van der Waals surface area (Å²) in [6.07, 6.45) is 2.72. The van der Waals surface area contributed by atoms with Crippen LogP contribution in [0.4, 0.5) is 0 Å². The van der Waals surface area contributed by atoms with E-state index >= 15 is 0 Å². The minimum Gasteiger partial charge on any atom is -0.369 e. The van der Waals surface area contributed by atoms with Crippen LogP contribution in [0.5, 0.6) is 0 Å². The van der Waals surface area contributed by atoms with Crippen molar-refractivity contribution in [1.82, 2.24) is 9.97 Å². The summed E-state index contributed by atoms with van der Waals surface area (Å²) in [7, 11) is 0. The predicted octanol–water partition coefficient (Wildman–Crippen LogP) is 0.391. The van der Waals surface area contributed by atoms with Gasteiger partial charge in [0, 0.05) is 6.20 Å². The van der Waals surface area contributed by atoms with Gasteiger partial charge in [-0.2, -0.15) is 5.10 Å². The molecule has 0 aromatic carbocycles. The van der Waals surface area contributed by atoms with E-state index in [1.54, 1.807) is 0 Å². The molecule has 0 aliphatic heterocycles. The van der Waals surface area contributed by atoms with Crippen molar-refractivity contribution in [1.29, 1.82) is 0 Å². The van der Waals surface area contributed by atoms with Crippen LogP contribution < -0.4 is 11.5 Å². The van der Waals surface area contributed by atoms with Gasteiger partial charge in [0.05, 0.1) is 11.8 Å². The molecule has 1 rings (SSSR count). The van der Waals surface area contributed by atoms with Crippen LogP contribution in [-0.2, 0) is 0 Å². The van der Waals surface area contributed by atoms with Gasteiger partial charge in [-0.3, -0.25) is 0 Å². The molecule has 0 amide bonds. The number of nitrogens with zero attached hydrogens (tertiary/aromatic N) is 4. The van der Waals surface area contributed by atoms with E-state index in [2.05, 4.69) is 20.2 Å². The topological polar surface area (TPSA) is 103 Å². The van der Waals surface area contributed by atoms with Crippen molar-refractivity contribution in [2.24, 2.45) is 21.7 Å². The molecule has 6 nitrogen and oxygen atoms in total. The molecule has 1 aromatic heterocycles. The Morgan fingerprint density at radius 2 is 2.14 bits per heavy atom. The molecule has 8 heteroatoms. The average Bonchev–Trinajstić information content (AvgIpc) is 2.08. The monoisotopic (exact) mass is 232 g/mol. The molecular formula is C6H6Cl2N6. The van der Waals surface area contributed by atoms with E-state index in [1.165, 1.54) is 12.4 Å². The van der Waals surface area contributed by atoms with Crippen LogP contribution in [-0.4, -0.2) is 22.1 Å². The highest BCUT2D eigenvalue weighted by Crippen LogP contribution is 2.11. The molecule has 74 valence electrons. The quantitative estimate of drug-likeness (QED) is 0.253. The maximum Gasteiger partial charge on any atom is 0.223 e. The maximum absolute atomic E-state index is 5.71. The molecule has 0 bridgehead atoms. The Balaban J connectivity index is 2.87. The first-order valence-electron chi connectivity index (χ1n) is 3.39. The average molecular weight is 233 g/mol. The fourth-order valence-corrected chi connectivity index (χ4v) is 0.949. The third-order valence-corrected chi connectivity index (χ3v) is 1.59. The Morgan fingerprint density at radius 3 is 2.71 bits per heavy atom. The molecule has 0 radical (unpaired) electrons. The number of aromatic nitrogens is 2. The number of guanidine groups is 1. The molecule has 1 aromatic rings. The van der Waals surface area contributed by atoms with Crippen molar-refractivity contribution in [3.05, 3.63) is 22.2 Å². The lowest BCUT2D eigenvalue weighted by molar-refractivity contribution is 1.15. The van der Waals surface area contributed by atoms with Gasteiger partial charge in [0.2, 0.25) is 11.2 Å². The summed E-state index contributed by atoms with van der Waals surface area (Å²) in [5.41, 5.74) is 10.6. The molecule has 0 aliphatic carbocycles. The molecule has 0 saturated carbocycles. The van der Waals surface area contributed by atoms with E-state index in [-0.39, 0.29) is 16.4 Å². The second-order valence-corrected chi connectivity index (χ2v) is 2.85. The highest BCUT2D eigenvalue weighted by molar-refractivity contribution is 6.33. The lowest BCUT2D eigenvalue weighted by Crippen LogP contribution is -2.21. The van der Waals surface area contributed by atoms with E-state index in [4.69, 9.17) is 34.7 Å². The first-order valence-corrected chi connectivity index (χ1v) is 4.15. The molecule has 0 fully saturated rings. The third kappa shape index (κ3) is 3.15. The highest BCUT2D eigenvalue weighted by Gasteiger charge is 2.00. The Labute approximate surface area is 89.6 Å². The molecule has 14 heavy (non-hydrogen) atoms. The normalized spacial score (nSPS) is 10.4. The Kier molecular flexibility index (Phi) is 3.61. The van der Waals surface area contributed by atoms with Crippen molar-refractivity contribution in [3.63, 3.8) is 0 Å². The van der Waals surface area contributed by atoms with Crippen molar-refractivity contribution in [2.45, 2.75) is 0 Å². The first-order chi connectivity index (χ1) is 6.59. The molecular weight excluding hydrogens is 227 g/mol. The summed E-state index contributed by atoms with van der Waals surface area (Å²) in [5, 5.41) is 7.16. The van der Waals surface area contributed by atoms with Gasteiger partial charge in [-0.05, 0) is 11.6 Å². The zero-order chi connectivity index (χ0) is 10.6. The summed E-state index contributed by atoms with van der Waals surface area (Å²) < 4.78 is 0. The van der Waals surface area contributed by atoms with Crippen molar-refractivity contribution >= 4 is 35.4 Å². The van der Waals surface area contributed by atoms with E-state index in [9.17, 15) is 0 Å². The van der Waals surface area contributed by atoms with E-state index < -0.39 is 0 Å². The van der Waals surface area contributed by atoms with Crippen LogP contribution in [0.15, 0.2) is 16.4 Å². The van der Waals surface area contributed by atoms with E-state index in [1.807, 2.05) is 0 Å². The van der Waals surface area contributed by atoms with Gasteiger partial charge in [-0.1, -0.05) is 11.6 Å².